The number of morpholine rings is 1. The van der Waals surface area contributed by atoms with E-state index in [4.69, 9.17) is 15.2 Å². The average molecular weight is 500 g/mol. The van der Waals surface area contributed by atoms with Crippen molar-refractivity contribution in [3.05, 3.63) is 59.4 Å². The first kappa shape index (κ1) is 26.5. The van der Waals surface area contributed by atoms with Crippen LogP contribution in [-0.4, -0.2) is 79.1 Å². The Morgan fingerprint density at radius 1 is 1.19 bits per heavy atom. The second kappa shape index (κ2) is 12.1. The van der Waals surface area contributed by atoms with E-state index in [-0.39, 0.29) is 36.6 Å². The summed E-state index contributed by atoms with van der Waals surface area (Å²) in [4.78, 5) is 16.3. The molecule has 0 aliphatic carbocycles. The fraction of sp³-hybridized carbons (Fsp3) is 0.536. The molecule has 0 spiro atoms. The Balaban J connectivity index is 1.31. The topological polar surface area (TPSA) is 88.3 Å². The van der Waals surface area contributed by atoms with Gasteiger partial charge in [0, 0.05) is 44.9 Å². The van der Waals surface area contributed by atoms with E-state index in [9.17, 15) is 14.3 Å². The number of hydrogen-bond donors (Lipinski definition) is 2. The van der Waals surface area contributed by atoms with Gasteiger partial charge in [-0.3, -0.25) is 0 Å². The van der Waals surface area contributed by atoms with E-state index in [1.807, 2.05) is 37.3 Å². The summed E-state index contributed by atoms with van der Waals surface area (Å²) in [7, 11) is 1.67. The highest BCUT2D eigenvalue weighted by molar-refractivity contribution is 5.75. The van der Waals surface area contributed by atoms with Crippen LogP contribution >= 0.6 is 0 Å². The molecule has 0 bridgehead atoms. The predicted octanol–water partition coefficient (Wildman–Crippen LogP) is 3.87. The molecular formula is C28H38FN3O4. The number of carbonyl (C=O) groups is 1. The number of aliphatic hydroxyl groups excluding tert-OH is 1. The van der Waals surface area contributed by atoms with E-state index in [1.54, 1.807) is 23.0 Å². The van der Waals surface area contributed by atoms with Gasteiger partial charge >= 0.3 is 6.03 Å². The van der Waals surface area contributed by atoms with Crippen molar-refractivity contribution in [3.63, 3.8) is 0 Å². The lowest BCUT2D eigenvalue weighted by atomic mass is 9.92. The number of likely N-dealkylation sites (tertiary alicyclic amines) is 1. The summed E-state index contributed by atoms with van der Waals surface area (Å²) < 4.78 is 26.7. The third-order valence-electron chi connectivity index (χ3n) is 7.24. The molecule has 2 amide bonds. The second-order valence-corrected chi connectivity index (χ2v) is 9.94. The van der Waals surface area contributed by atoms with Crippen molar-refractivity contribution >= 4 is 6.03 Å². The summed E-state index contributed by atoms with van der Waals surface area (Å²) in [5.41, 5.74) is 9.26. The van der Waals surface area contributed by atoms with Gasteiger partial charge in [-0.15, -0.1) is 0 Å². The highest BCUT2D eigenvalue weighted by Crippen LogP contribution is 2.35. The van der Waals surface area contributed by atoms with E-state index < -0.39 is 6.10 Å². The summed E-state index contributed by atoms with van der Waals surface area (Å²) in [6.45, 7) is 4.25. The highest BCUT2D eigenvalue weighted by Gasteiger charge is 2.35. The molecule has 3 N–H and O–H groups in total. The molecule has 2 saturated heterocycles. The molecule has 36 heavy (non-hydrogen) atoms. The van der Waals surface area contributed by atoms with Crippen molar-refractivity contribution in [1.82, 2.24) is 9.80 Å². The first-order valence-electron chi connectivity index (χ1n) is 12.8. The molecule has 8 heteroatoms. The van der Waals surface area contributed by atoms with Crippen LogP contribution in [0.3, 0.4) is 0 Å². The van der Waals surface area contributed by atoms with Gasteiger partial charge in [0.25, 0.3) is 0 Å². The minimum absolute atomic E-state index is 0.0260. The van der Waals surface area contributed by atoms with Crippen LogP contribution in [-0.2, 0) is 9.47 Å². The number of aliphatic hydroxyl groups is 1. The number of halogens is 1. The minimum Gasteiger partial charge on any atom is -0.390 e. The Morgan fingerprint density at radius 2 is 2.00 bits per heavy atom. The van der Waals surface area contributed by atoms with Crippen LogP contribution in [0.5, 0.6) is 0 Å². The molecule has 196 valence electrons. The summed E-state index contributed by atoms with van der Waals surface area (Å²) in [6, 6.07) is 12.6. The van der Waals surface area contributed by atoms with E-state index in [0.717, 1.165) is 42.4 Å². The number of urea groups is 1. The number of benzene rings is 2. The van der Waals surface area contributed by atoms with Gasteiger partial charge in [-0.2, -0.15) is 0 Å². The average Bonchev–Trinajstić information content (AvgIpc) is 3.21. The molecule has 0 saturated carbocycles. The summed E-state index contributed by atoms with van der Waals surface area (Å²) in [6.07, 6.45) is 2.49. The molecule has 2 heterocycles. The second-order valence-electron chi connectivity index (χ2n) is 9.94. The minimum atomic E-state index is -0.663. The van der Waals surface area contributed by atoms with Crippen molar-refractivity contribution in [2.45, 2.75) is 57.0 Å². The molecule has 2 aromatic rings. The maximum Gasteiger partial charge on any atom is 0.320 e. The van der Waals surface area contributed by atoms with Crippen molar-refractivity contribution in [3.8, 4) is 11.1 Å². The zero-order chi connectivity index (χ0) is 25.7. The molecule has 4 atom stereocenters. The fourth-order valence-electron chi connectivity index (χ4n) is 5.25. The molecule has 2 aromatic carbocycles. The Morgan fingerprint density at radius 3 is 2.72 bits per heavy atom. The molecule has 4 rings (SSSR count). The van der Waals surface area contributed by atoms with Crippen LogP contribution in [0.2, 0.25) is 0 Å². The van der Waals surface area contributed by atoms with Crippen molar-refractivity contribution in [2.24, 2.45) is 5.73 Å². The molecule has 0 radical (unpaired) electrons. The molecule has 2 fully saturated rings. The number of ether oxygens (including phenoxy) is 2. The summed E-state index contributed by atoms with van der Waals surface area (Å²) in [5.74, 6) is -0.244. The van der Waals surface area contributed by atoms with Gasteiger partial charge in [0.05, 0.1) is 24.9 Å². The summed E-state index contributed by atoms with van der Waals surface area (Å²) >= 11 is 0. The van der Waals surface area contributed by atoms with Crippen molar-refractivity contribution < 1.29 is 23.8 Å². The lowest BCUT2D eigenvalue weighted by Gasteiger charge is -2.35. The number of amides is 2. The van der Waals surface area contributed by atoms with Gasteiger partial charge < -0.3 is 30.1 Å². The zero-order valence-corrected chi connectivity index (χ0v) is 21.2. The number of β-amino-alcohol motifs (C(OH)–C–C–N with tert-alkyl or cyclic N) is 1. The van der Waals surface area contributed by atoms with E-state index in [2.05, 4.69) is 0 Å². The van der Waals surface area contributed by atoms with Crippen LogP contribution < -0.4 is 5.73 Å². The molecule has 7 nitrogen and oxygen atoms in total. The fourth-order valence-corrected chi connectivity index (χ4v) is 5.25. The third-order valence-corrected chi connectivity index (χ3v) is 7.24. The van der Waals surface area contributed by atoms with Gasteiger partial charge in [0.1, 0.15) is 5.82 Å². The van der Waals surface area contributed by atoms with Crippen LogP contribution in [0.15, 0.2) is 42.5 Å². The Kier molecular flexibility index (Phi) is 8.95. The van der Waals surface area contributed by atoms with Gasteiger partial charge in [0.2, 0.25) is 0 Å². The number of rotatable bonds is 8. The first-order chi connectivity index (χ1) is 17.4. The molecule has 2 aliphatic heterocycles. The predicted molar refractivity (Wildman–Crippen MR) is 137 cm³/mol. The van der Waals surface area contributed by atoms with Crippen molar-refractivity contribution in [2.75, 3.05) is 39.9 Å². The molecule has 0 aromatic heterocycles. The van der Waals surface area contributed by atoms with Crippen LogP contribution in [0, 0.1) is 12.7 Å². The number of hydrogen-bond acceptors (Lipinski definition) is 5. The molecule has 2 aliphatic rings. The number of unbranched alkanes of at least 4 members (excludes halogenated alkanes) is 1. The Bertz CT molecular complexity index is 1030. The Labute approximate surface area is 213 Å². The monoisotopic (exact) mass is 499 g/mol. The van der Waals surface area contributed by atoms with Gasteiger partial charge in [0.15, 0.2) is 0 Å². The maximum atomic E-state index is 14.9. The number of nitrogens with two attached hydrogens (primary N) is 1. The number of nitrogens with zero attached hydrogens (tertiary/aromatic N) is 2. The number of carbonyl (C=O) groups excluding carboxylic acids is 1. The normalized spacial score (nSPS) is 23.2. The lowest BCUT2D eigenvalue weighted by Crippen LogP contribution is -2.50. The van der Waals surface area contributed by atoms with Gasteiger partial charge in [-0.1, -0.05) is 54.8 Å². The van der Waals surface area contributed by atoms with Gasteiger partial charge in [-0.25, -0.2) is 9.18 Å². The first-order valence-corrected chi connectivity index (χ1v) is 12.8. The van der Waals surface area contributed by atoms with E-state index in [0.29, 0.717) is 31.8 Å². The maximum absolute atomic E-state index is 14.9. The lowest BCUT2D eigenvalue weighted by molar-refractivity contribution is -0.0238. The smallest absolute Gasteiger partial charge is 0.320 e. The van der Waals surface area contributed by atoms with Crippen LogP contribution in [0.4, 0.5) is 9.18 Å². The van der Waals surface area contributed by atoms with Gasteiger partial charge in [-0.05, 0) is 37.0 Å². The van der Waals surface area contributed by atoms with Crippen molar-refractivity contribution in [1.29, 1.82) is 0 Å². The van der Waals surface area contributed by atoms with E-state index >= 15 is 0 Å². The quantitative estimate of drug-likeness (QED) is 0.539. The SMILES string of the molecule is CO[C@H](CCCC[C@H]1CN(C(=O)N2C[C@@H](N)[C@@H](O)C2)CCO1)c1cccc(F)c1-c1cccc(C)c1. The standard InChI is InChI=1S/C28H38FN3O4/c1-19-7-5-8-20(15-19)27-22(10-6-11-23(27)29)26(35-2)12-4-3-9-21-16-31(13-14-36-21)28(34)32-17-24(30)25(33)18-32/h5-8,10-11,15,21,24-26,33H,3-4,9,12-14,16-18,30H2,1-2H3/t21-,24+,25-,26+/m0/s1. The zero-order valence-electron chi connectivity index (χ0n) is 21.2. The highest BCUT2D eigenvalue weighted by atomic mass is 19.1. The third kappa shape index (κ3) is 6.24. The Hall–Kier alpha value is -2.52. The summed E-state index contributed by atoms with van der Waals surface area (Å²) in [5, 5.41) is 9.87. The number of methoxy groups -OCH3 is 1. The molecular weight excluding hydrogens is 461 g/mol. The van der Waals surface area contributed by atoms with Crippen LogP contribution in [0.1, 0.15) is 42.9 Å². The number of aryl methyl sites for hydroxylation is 1. The van der Waals surface area contributed by atoms with Crippen LogP contribution in [0.25, 0.3) is 11.1 Å². The van der Waals surface area contributed by atoms with E-state index in [1.165, 1.54) is 6.07 Å². The largest absolute Gasteiger partial charge is 0.390 e. The molecule has 0 unspecified atom stereocenters.